The summed E-state index contributed by atoms with van der Waals surface area (Å²) in [7, 11) is -2.93. The van der Waals surface area contributed by atoms with Gasteiger partial charge in [0.2, 0.25) is 0 Å². The molecule has 55 heavy (non-hydrogen) atoms. The Hall–Kier alpha value is -2.23. The van der Waals surface area contributed by atoms with E-state index in [0.29, 0.717) is 29.9 Å². The second kappa shape index (κ2) is 14.5. The molecule has 304 valence electrons. The molecule has 7 aliphatic rings. The first-order valence-corrected chi connectivity index (χ1v) is 23.9. The summed E-state index contributed by atoms with van der Waals surface area (Å²) in [6.07, 6.45) is 26.2. The van der Waals surface area contributed by atoms with Crippen molar-refractivity contribution in [2.24, 2.45) is 51.2 Å². The molecule has 1 aromatic rings. The van der Waals surface area contributed by atoms with Gasteiger partial charge in [0.05, 0.1) is 11.4 Å². The number of hydrogen-bond acceptors (Lipinski definition) is 7. The third-order valence-electron chi connectivity index (χ3n) is 17.7. The Bertz CT molecular complexity index is 1770. The van der Waals surface area contributed by atoms with Crippen LogP contribution in [-0.2, 0) is 14.6 Å². The van der Waals surface area contributed by atoms with E-state index >= 15 is 0 Å². The number of ether oxygens (including phenoxy) is 1. The highest BCUT2D eigenvalue weighted by molar-refractivity contribution is 7.91. The van der Waals surface area contributed by atoms with E-state index in [4.69, 9.17) is 4.74 Å². The van der Waals surface area contributed by atoms with Gasteiger partial charge in [-0.3, -0.25) is 9.78 Å². The molecule has 8 unspecified atom stereocenters. The monoisotopic (exact) mass is 775 g/mol. The zero-order valence-electron chi connectivity index (χ0n) is 34.5. The Balaban J connectivity index is 0.937. The van der Waals surface area contributed by atoms with E-state index in [9.17, 15) is 18.3 Å². The zero-order valence-corrected chi connectivity index (χ0v) is 35.3. The minimum absolute atomic E-state index is 0.0452. The minimum atomic E-state index is -2.93. The van der Waals surface area contributed by atoms with Crippen LogP contribution in [-0.4, -0.2) is 79.2 Å². The number of hydrogen-bond donors (Lipinski definition) is 2. The van der Waals surface area contributed by atoms with Crippen molar-refractivity contribution in [1.29, 1.82) is 0 Å². The first kappa shape index (κ1) is 39.6. The Morgan fingerprint density at radius 1 is 0.927 bits per heavy atom. The van der Waals surface area contributed by atoms with Crippen LogP contribution in [0, 0.1) is 51.2 Å². The fraction of sp³-hybridized carbons (Fsp3) is 0.783. The summed E-state index contributed by atoms with van der Waals surface area (Å²) in [4.78, 5) is 19.3. The molecule has 1 saturated heterocycles. The summed E-state index contributed by atoms with van der Waals surface area (Å²) in [5.74, 6) is 3.62. The minimum Gasteiger partial charge on any atom is -0.491 e. The standard InChI is InChI=1S/C46H69N3O5S/c1-42(2)36(32-12-22-45(23-13-32,41(50)51)31-54-33-8-7-25-47-30-33)14-20-44(4)39(42)16-21-43(3)37-15-24-46(19-6-9-38(46)35(37)10-11-40(43)44)48-26-29-49-27-17-34(18-28-49)55(5,52)53/h7-8,12,14,25,30,34-35,37-40,48H,6,9-11,13,15-24,26-29,31H2,1-5H3,(H,50,51)/t35?,37?,38-,39?,40?,43?,44?,45?,46?/m1/s1. The van der Waals surface area contributed by atoms with Gasteiger partial charge in [-0.25, -0.2) is 8.42 Å². The molecule has 8 rings (SSSR count). The smallest absolute Gasteiger partial charge is 0.313 e. The number of fused-ring (bicyclic) bond motifs is 7. The summed E-state index contributed by atoms with van der Waals surface area (Å²) in [5, 5.41) is 14.4. The molecule has 9 atom stereocenters. The van der Waals surface area contributed by atoms with Gasteiger partial charge in [-0.1, -0.05) is 46.3 Å². The van der Waals surface area contributed by atoms with Crippen LogP contribution in [0.5, 0.6) is 5.75 Å². The highest BCUT2D eigenvalue weighted by atomic mass is 32.2. The van der Waals surface area contributed by atoms with E-state index in [1.807, 2.05) is 12.1 Å². The summed E-state index contributed by atoms with van der Waals surface area (Å²) in [6, 6.07) is 3.66. The Labute approximate surface area is 331 Å². The van der Waals surface area contributed by atoms with Crippen LogP contribution in [0.25, 0.3) is 0 Å². The number of carbonyl (C=O) groups is 1. The van der Waals surface area contributed by atoms with Crippen molar-refractivity contribution >= 4 is 15.8 Å². The van der Waals surface area contributed by atoms with Crippen LogP contribution in [0.15, 0.2) is 47.8 Å². The SMILES string of the molecule is CC1(C)C(C2=CCC(COc3cccnc3)(C(=O)O)CC2)=CCC2(C)C1CCC1(C)C3CCC4(NCCN5CCC(S(C)(=O)=O)CC5)CCC[C@@H]4C3CCC12. The average Bonchev–Trinajstić information content (AvgIpc) is 3.59. The van der Waals surface area contributed by atoms with E-state index in [1.165, 1.54) is 75.2 Å². The number of carboxylic acids is 1. The number of carboxylic acid groups (broad SMARTS) is 1. The van der Waals surface area contributed by atoms with Crippen LogP contribution in [0.2, 0.25) is 0 Å². The van der Waals surface area contributed by atoms with Crippen LogP contribution in [0.3, 0.4) is 0 Å². The summed E-state index contributed by atoms with van der Waals surface area (Å²) in [6.45, 7) is 14.4. The summed E-state index contributed by atoms with van der Waals surface area (Å²) < 4.78 is 30.1. The van der Waals surface area contributed by atoms with Gasteiger partial charge in [-0.2, -0.15) is 0 Å². The second-order valence-corrected chi connectivity index (χ2v) is 22.9. The fourth-order valence-electron chi connectivity index (χ4n) is 14.9. The largest absolute Gasteiger partial charge is 0.491 e. The lowest BCUT2D eigenvalue weighted by molar-refractivity contribution is -0.175. The van der Waals surface area contributed by atoms with Crippen molar-refractivity contribution in [1.82, 2.24) is 15.2 Å². The maximum absolute atomic E-state index is 12.7. The van der Waals surface area contributed by atoms with Gasteiger partial charge >= 0.3 is 5.97 Å². The van der Waals surface area contributed by atoms with Crippen molar-refractivity contribution in [2.75, 3.05) is 39.0 Å². The Kier molecular flexibility index (Phi) is 10.5. The number of sulfone groups is 1. The number of nitrogens with one attached hydrogen (secondary N) is 1. The molecule has 2 heterocycles. The highest BCUT2D eigenvalue weighted by Gasteiger charge is 2.65. The third kappa shape index (κ3) is 6.86. The van der Waals surface area contributed by atoms with Crippen LogP contribution in [0.1, 0.15) is 124 Å². The molecule has 0 amide bonds. The number of likely N-dealkylation sites (tertiary alicyclic amines) is 1. The molecule has 1 aromatic heterocycles. The Morgan fingerprint density at radius 3 is 2.42 bits per heavy atom. The van der Waals surface area contributed by atoms with Gasteiger partial charge in [0.25, 0.3) is 0 Å². The predicted molar refractivity (Wildman–Crippen MR) is 218 cm³/mol. The van der Waals surface area contributed by atoms with Crippen LogP contribution < -0.4 is 10.1 Å². The zero-order chi connectivity index (χ0) is 38.9. The Morgan fingerprint density at radius 2 is 1.73 bits per heavy atom. The molecular weight excluding hydrogens is 707 g/mol. The van der Waals surface area contributed by atoms with E-state index in [0.717, 1.165) is 75.5 Å². The second-order valence-electron chi connectivity index (χ2n) is 20.5. The molecule has 0 aromatic carbocycles. The average molecular weight is 776 g/mol. The van der Waals surface area contributed by atoms with Gasteiger partial charge < -0.3 is 20.1 Å². The van der Waals surface area contributed by atoms with E-state index in [1.54, 1.807) is 12.4 Å². The molecule has 4 saturated carbocycles. The van der Waals surface area contributed by atoms with E-state index in [-0.39, 0.29) is 28.2 Å². The van der Waals surface area contributed by atoms with Crippen LogP contribution >= 0.6 is 0 Å². The number of aromatic nitrogens is 1. The maximum atomic E-state index is 12.7. The van der Waals surface area contributed by atoms with Crippen molar-refractivity contribution in [3.05, 3.63) is 47.8 Å². The normalized spacial score (nSPS) is 40.5. The summed E-state index contributed by atoms with van der Waals surface area (Å²) >= 11 is 0. The molecule has 0 bridgehead atoms. The molecule has 9 heteroatoms. The molecule has 1 aliphatic heterocycles. The molecule has 5 fully saturated rings. The van der Waals surface area contributed by atoms with E-state index < -0.39 is 21.2 Å². The van der Waals surface area contributed by atoms with Gasteiger partial charge in [0.15, 0.2) is 0 Å². The number of pyridine rings is 1. The predicted octanol–water partition coefficient (Wildman–Crippen LogP) is 8.49. The molecule has 0 radical (unpaired) electrons. The van der Waals surface area contributed by atoms with Gasteiger partial charge in [-0.05, 0) is 172 Å². The lowest BCUT2D eigenvalue weighted by Crippen LogP contribution is -2.64. The van der Waals surface area contributed by atoms with Gasteiger partial charge in [-0.15, -0.1) is 0 Å². The number of rotatable bonds is 10. The van der Waals surface area contributed by atoms with Gasteiger partial charge in [0.1, 0.15) is 27.6 Å². The molecular formula is C46H69N3O5S. The molecule has 8 nitrogen and oxygen atoms in total. The van der Waals surface area contributed by atoms with Crippen molar-refractivity contribution in [2.45, 2.75) is 135 Å². The number of aliphatic carboxylic acids is 1. The van der Waals surface area contributed by atoms with Crippen molar-refractivity contribution < 1.29 is 23.1 Å². The number of nitrogens with zero attached hydrogens (tertiary/aromatic N) is 2. The van der Waals surface area contributed by atoms with E-state index in [2.05, 4.69) is 55.0 Å². The molecule has 2 N–H and O–H groups in total. The topological polar surface area (TPSA) is 109 Å². The first-order valence-electron chi connectivity index (χ1n) is 21.9. The van der Waals surface area contributed by atoms with Crippen LogP contribution in [0.4, 0.5) is 0 Å². The lowest BCUT2D eigenvalue weighted by Gasteiger charge is -2.68. The third-order valence-corrected chi connectivity index (χ3v) is 19.4. The van der Waals surface area contributed by atoms with Crippen molar-refractivity contribution in [3.8, 4) is 5.75 Å². The first-order chi connectivity index (χ1) is 26.1. The summed E-state index contributed by atoms with van der Waals surface area (Å²) in [5.41, 5.74) is 2.94. The van der Waals surface area contributed by atoms with Crippen molar-refractivity contribution in [3.63, 3.8) is 0 Å². The number of piperidine rings is 1. The maximum Gasteiger partial charge on any atom is 0.313 e. The lowest BCUT2D eigenvalue weighted by atomic mass is 9.37. The molecule has 0 spiro atoms. The molecule has 6 aliphatic carbocycles. The number of allylic oxidation sites excluding steroid dienone is 4. The highest BCUT2D eigenvalue weighted by Crippen LogP contribution is 2.72. The quantitative estimate of drug-likeness (QED) is 0.244. The fourth-order valence-corrected chi connectivity index (χ4v) is 15.9. The van der Waals surface area contributed by atoms with Gasteiger partial charge in [0, 0.05) is 31.1 Å².